The van der Waals surface area contributed by atoms with Crippen molar-refractivity contribution >= 4 is 22.8 Å². The second-order valence-corrected chi connectivity index (χ2v) is 6.84. The highest BCUT2D eigenvalue weighted by molar-refractivity contribution is 5.89. The number of hydrogen-bond donors (Lipinski definition) is 2. The first kappa shape index (κ1) is 18.0. The van der Waals surface area contributed by atoms with E-state index in [0.717, 1.165) is 29.5 Å². The van der Waals surface area contributed by atoms with E-state index < -0.39 is 12.6 Å². The molecule has 0 aliphatic carbocycles. The van der Waals surface area contributed by atoms with E-state index in [1.54, 1.807) is 10.7 Å². The molecule has 2 aromatic carbocycles. The van der Waals surface area contributed by atoms with Crippen LogP contribution in [0.5, 0.6) is 5.75 Å². The van der Waals surface area contributed by atoms with Crippen LogP contribution in [0.4, 0.5) is 0 Å². The third kappa shape index (κ3) is 3.55. The predicted molar refractivity (Wildman–Crippen MR) is 103 cm³/mol. The van der Waals surface area contributed by atoms with Gasteiger partial charge in [0.1, 0.15) is 17.3 Å². The number of hydrogen-bond acceptors (Lipinski definition) is 4. The van der Waals surface area contributed by atoms with Crippen molar-refractivity contribution in [1.29, 1.82) is 0 Å². The van der Waals surface area contributed by atoms with Crippen LogP contribution in [-0.4, -0.2) is 33.4 Å². The van der Waals surface area contributed by atoms with Crippen molar-refractivity contribution in [3.05, 3.63) is 59.8 Å². The van der Waals surface area contributed by atoms with Crippen molar-refractivity contribution in [2.75, 3.05) is 6.61 Å². The number of aliphatic carboxylic acids is 1. The second-order valence-electron chi connectivity index (χ2n) is 6.84. The second kappa shape index (κ2) is 7.72. The molecule has 0 bridgehead atoms. The summed E-state index contributed by atoms with van der Waals surface area (Å²) < 4.78 is 7.16. The molecular weight excluding hydrogens is 358 g/mol. The van der Waals surface area contributed by atoms with E-state index in [4.69, 9.17) is 9.84 Å². The first-order chi connectivity index (χ1) is 13.6. The van der Waals surface area contributed by atoms with Crippen LogP contribution in [0.2, 0.25) is 0 Å². The molecule has 1 amide bonds. The summed E-state index contributed by atoms with van der Waals surface area (Å²) in [6.07, 6.45) is 2.43. The highest BCUT2D eigenvalue weighted by atomic mass is 16.5. The minimum atomic E-state index is -1.04. The monoisotopic (exact) mass is 379 g/mol. The molecule has 0 fully saturated rings. The maximum absolute atomic E-state index is 12.8. The Hall–Kier alpha value is -3.35. The molecule has 2 N–H and O–H groups in total. The van der Waals surface area contributed by atoms with E-state index in [-0.39, 0.29) is 11.9 Å². The molecule has 1 aromatic heterocycles. The molecule has 1 aliphatic rings. The third-order valence-corrected chi connectivity index (χ3v) is 4.94. The van der Waals surface area contributed by atoms with Crippen LogP contribution in [-0.2, 0) is 22.6 Å². The Kier molecular flexibility index (Phi) is 4.97. The van der Waals surface area contributed by atoms with Crippen molar-refractivity contribution in [2.45, 2.75) is 31.8 Å². The summed E-state index contributed by atoms with van der Waals surface area (Å²) >= 11 is 0. The molecule has 2 heterocycles. The molecule has 4 rings (SSSR count). The normalized spacial score (nSPS) is 15.8. The lowest BCUT2D eigenvalue weighted by Crippen LogP contribution is -2.35. The van der Waals surface area contributed by atoms with Crippen LogP contribution in [0.25, 0.3) is 10.9 Å². The summed E-state index contributed by atoms with van der Waals surface area (Å²) in [5, 5.41) is 17.4. The number of aromatic nitrogens is 2. The van der Waals surface area contributed by atoms with Crippen LogP contribution in [0.3, 0.4) is 0 Å². The average molecular weight is 379 g/mol. The van der Waals surface area contributed by atoms with E-state index in [1.807, 2.05) is 42.5 Å². The zero-order valence-electron chi connectivity index (χ0n) is 15.3. The van der Waals surface area contributed by atoms with Crippen molar-refractivity contribution in [1.82, 2.24) is 15.1 Å². The summed E-state index contributed by atoms with van der Waals surface area (Å²) in [6.45, 7) is 0.0432. The molecule has 0 radical (unpaired) electrons. The third-order valence-electron chi connectivity index (χ3n) is 4.94. The maximum Gasteiger partial charge on any atom is 0.341 e. The molecule has 7 heteroatoms. The van der Waals surface area contributed by atoms with Gasteiger partial charge in [-0.1, -0.05) is 42.5 Å². The number of rotatable bonds is 6. The standard InChI is InChI=1S/C21H21N3O4/c25-19(26)13-28-18-11-4-8-15-16-9-5-10-17(24(16)23-20(15)18)21(27)22-12-14-6-2-1-3-7-14/h1-4,6-8,11,17H,5,9-10,12-13H2,(H,22,27)(H,25,26). The molecule has 28 heavy (non-hydrogen) atoms. The Bertz CT molecular complexity index is 1010. The topological polar surface area (TPSA) is 93.4 Å². The number of nitrogens with one attached hydrogen (secondary N) is 1. The fourth-order valence-electron chi connectivity index (χ4n) is 3.64. The van der Waals surface area contributed by atoms with E-state index in [9.17, 15) is 9.59 Å². The number of nitrogens with zero attached hydrogens (tertiary/aromatic N) is 2. The molecule has 1 aliphatic heterocycles. The molecular formula is C21H21N3O4. The number of benzene rings is 2. The van der Waals surface area contributed by atoms with Gasteiger partial charge in [0.05, 0.1) is 0 Å². The zero-order valence-corrected chi connectivity index (χ0v) is 15.3. The van der Waals surface area contributed by atoms with Gasteiger partial charge in [0, 0.05) is 17.6 Å². The van der Waals surface area contributed by atoms with Gasteiger partial charge in [0.25, 0.3) is 0 Å². The van der Waals surface area contributed by atoms with Gasteiger partial charge in [-0.3, -0.25) is 9.48 Å². The van der Waals surface area contributed by atoms with Gasteiger partial charge in [-0.15, -0.1) is 0 Å². The van der Waals surface area contributed by atoms with E-state index in [2.05, 4.69) is 10.4 Å². The summed E-state index contributed by atoms with van der Waals surface area (Å²) in [4.78, 5) is 23.7. The molecule has 3 aromatic rings. The Balaban J connectivity index is 1.59. The lowest BCUT2D eigenvalue weighted by Gasteiger charge is -2.24. The summed E-state index contributed by atoms with van der Waals surface area (Å²) in [5.41, 5.74) is 2.63. The number of aryl methyl sites for hydroxylation is 1. The Morgan fingerprint density at radius 1 is 1.18 bits per heavy atom. The van der Waals surface area contributed by atoms with E-state index in [0.29, 0.717) is 24.2 Å². The van der Waals surface area contributed by atoms with Gasteiger partial charge in [-0.2, -0.15) is 5.10 Å². The number of amides is 1. The van der Waals surface area contributed by atoms with Crippen LogP contribution < -0.4 is 10.1 Å². The van der Waals surface area contributed by atoms with Crippen LogP contribution in [0, 0.1) is 0 Å². The van der Waals surface area contributed by atoms with E-state index >= 15 is 0 Å². The number of carbonyl (C=O) groups excluding carboxylic acids is 1. The number of carboxylic acid groups (broad SMARTS) is 1. The average Bonchev–Trinajstić information content (AvgIpc) is 3.10. The fourth-order valence-corrected chi connectivity index (χ4v) is 3.64. The van der Waals surface area contributed by atoms with Crippen molar-refractivity contribution in [3.63, 3.8) is 0 Å². The fraction of sp³-hybridized carbons (Fsp3) is 0.286. The minimum absolute atomic E-state index is 0.0642. The van der Waals surface area contributed by atoms with Crippen molar-refractivity contribution in [3.8, 4) is 5.75 Å². The van der Waals surface area contributed by atoms with Gasteiger partial charge in [0.15, 0.2) is 6.61 Å². The lowest BCUT2D eigenvalue weighted by atomic mass is 10.0. The molecule has 1 atom stereocenters. The first-order valence-corrected chi connectivity index (χ1v) is 9.30. The van der Waals surface area contributed by atoms with Crippen LogP contribution >= 0.6 is 0 Å². The van der Waals surface area contributed by atoms with Gasteiger partial charge in [0.2, 0.25) is 5.91 Å². The van der Waals surface area contributed by atoms with Crippen LogP contribution in [0.15, 0.2) is 48.5 Å². The highest BCUT2D eigenvalue weighted by Gasteiger charge is 2.29. The zero-order chi connectivity index (χ0) is 19.5. The number of carboxylic acids is 1. The molecule has 0 saturated carbocycles. The highest BCUT2D eigenvalue weighted by Crippen LogP contribution is 2.34. The Morgan fingerprint density at radius 3 is 2.79 bits per heavy atom. The largest absolute Gasteiger partial charge is 0.480 e. The molecule has 1 unspecified atom stereocenters. The number of carbonyl (C=O) groups is 2. The first-order valence-electron chi connectivity index (χ1n) is 9.30. The van der Waals surface area contributed by atoms with Gasteiger partial charge in [-0.05, 0) is 30.9 Å². The predicted octanol–water partition coefficient (Wildman–Crippen LogP) is 2.69. The SMILES string of the molecule is O=C(O)COc1cccc2c3n(nc12)C(C(=O)NCc1ccccc1)CCC3. The molecule has 7 nitrogen and oxygen atoms in total. The lowest BCUT2D eigenvalue weighted by molar-refractivity contribution is -0.139. The number of fused-ring (bicyclic) bond motifs is 3. The summed E-state index contributed by atoms with van der Waals surface area (Å²) in [5.74, 6) is -0.685. The smallest absolute Gasteiger partial charge is 0.341 e. The van der Waals surface area contributed by atoms with Gasteiger partial charge < -0.3 is 15.2 Å². The van der Waals surface area contributed by atoms with Gasteiger partial charge in [-0.25, -0.2) is 4.79 Å². The van der Waals surface area contributed by atoms with Crippen molar-refractivity contribution in [2.24, 2.45) is 0 Å². The van der Waals surface area contributed by atoms with E-state index in [1.165, 1.54) is 0 Å². The van der Waals surface area contributed by atoms with Gasteiger partial charge >= 0.3 is 5.97 Å². The Morgan fingerprint density at radius 2 is 2.00 bits per heavy atom. The molecule has 0 saturated heterocycles. The number of ether oxygens (including phenoxy) is 1. The minimum Gasteiger partial charge on any atom is -0.480 e. The van der Waals surface area contributed by atoms with Crippen LogP contribution in [0.1, 0.15) is 30.1 Å². The quantitative estimate of drug-likeness (QED) is 0.687. The molecule has 0 spiro atoms. The Labute approximate surface area is 161 Å². The van der Waals surface area contributed by atoms with Crippen molar-refractivity contribution < 1.29 is 19.4 Å². The summed E-state index contributed by atoms with van der Waals surface area (Å²) in [6, 6.07) is 14.9. The summed E-state index contributed by atoms with van der Waals surface area (Å²) in [7, 11) is 0. The maximum atomic E-state index is 12.8. The molecule has 144 valence electrons.